The Morgan fingerprint density at radius 1 is 1.31 bits per heavy atom. The van der Waals surface area contributed by atoms with Crippen LogP contribution in [0, 0.1) is 0 Å². The maximum absolute atomic E-state index is 9.95. The van der Waals surface area contributed by atoms with Gasteiger partial charge < -0.3 is 10.3 Å². The summed E-state index contributed by atoms with van der Waals surface area (Å²) in [5.41, 5.74) is -0.811. The second-order valence-corrected chi connectivity index (χ2v) is 5.94. The minimum Gasteiger partial charge on any atom is -0.392 e. The number of aliphatic hydroxyl groups excluding tert-OH is 1. The lowest BCUT2D eigenvalue weighted by Crippen LogP contribution is -2.65. The summed E-state index contributed by atoms with van der Waals surface area (Å²) in [6, 6.07) is 0. The van der Waals surface area contributed by atoms with Gasteiger partial charge in [-0.25, -0.2) is 0 Å². The molecule has 1 rings (SSSR count). The van der Waals surface area contributed by atoms with Crippen LogP contribution in [0.1, 0.15) is 34.1 Å². The molecule has 2 N–H and O–H groups in total. The molecule has 0 bridgehead atoms. The van der Waals surface area contributed by atoms with E-state index in [-0.39, 0.29) is 10.4 Å². The molecule has 2 unspecified atom stereocenters. The van der Waals surface area contributed by atoms with Crippen molar-refractivity contribution in [2.45, 2.75) is 56.1 Å². The smallest absolute Gasteiger partial charge is 0.0702 e. The Morgan fingerprint density at radius 3 is 2.23 bits per heavy atom. The summed E-state index contributed by atoms with van der Waals surface area (Å²) in [7, 11) is 0. The second kappa shape index (κ2) is 3.19. The topological polar surface area (TPSA) is 43.7 Å². The Balaban J connectivity index is 2.96. The summed E-state index contributed by atoms with van der Waals surface area (Å²) < 4.78 is 0. The average molecular weight is 252 g/mol. The molecule has 1 aliphatic rings. The average Bonchev–Trinajstić information content (AvgIpc) is 1.98. The van der Waals surface area contributed by atoms with E-state index in [0.29, 0.717) is 6.42 Å². The van der Waals surface area contributed by atoms with Gasteiger partial charge in [0.2, 0.25) is 0 Å². The zero-order valence-corrected chi connectivity index (χ0v) is 10.2. The van der Waals surface area contributed by atoms with Crippen LogP contribution in [0.25, 0.3) is 0 Å². The molecule has 2 atom stereocenters. The van der Waals surface area contributed by atoms with Crippen molar-refractivity contribution in [2.75, 3.05) is 0 Å². The first kappa shape index (κ1) is 11.4. The predicted octanol–water partition coefficient (Wildman–Crippen LogP) is 1.76. The third-order valence-corrected chi connectivity index (χ3v) is 4.57. The van der Waals surface area contributed by atoms with E-state index >= 15 is 0 Å². The molecule has 0 aromatic carbocycles. The lowest BCUT2D eigenvalue weighted by Gasteiger charge is -2.53. The summed E-state index contributed by atoms with van der Waals surface area (Å²) in [5, 5.41) is 21.1. The molecule has 1 heterocycles. The third-order valence-electron chi connectivity index (χ3n) is 2.84. The van der Waals surface area contributed by atoms with Gasteiger partial charge in [-0.2, -0.15) is 5.06 Å². The second-order valence-electron chi connectivity index (χ2n) is 4.95. The zero-order valence-electron chi connectivity index (χ0n) is 8.58. The highest BCUT2D eigenvalue weighted by molar-refractivity contribution is 9.09. The van der Waals surface area contributed by atoms with Gasteiger partial charge in [-0.1, -0.05) is 15.9 Å². The fraction of sp³-hybridized carbons (Fsp3) is 1.00. The first-order valence-corrected chi connectivity index (χ1v) is 5.42. The fourth-order valence-corrected chi connectivity index (χ4v) is 2.45. The van der Waals surface area contributed by atoms with Gasteiger partial charge in [0.15, 0.2) is 0 Å². The largest absolute Gasteiger partial charge is 0.392 e. The molecular formula is C9H18BrNO2. The van der Waals surface area contributed by atoms with Crippen LogP contribution in [0.15, 0.2) is 0 Å². The van der Waals surface area contributed by atoms with Crippen LogP contribution in [-0.2, 0) is 0 Å². The number of halogens is 1. The van der Waals surface area contributed by atoms with E-state index in [9.17, 15) is 10.3 Å². The van der Waals surface area contributed by atoms with E-state index in [1.54, 1.807) is 0 Å². The number of nitrogens with zero attached hydrogens (tertiary/aromatic N) is 1. The molecule has 0 aliphatic carbocycles. The number of rotatable bonds is 0. The molecule has 78 valence electrons. The first-order chi connectivity index (χ1) is 5.69. The van der Waals surface area contributed by atoms with Gasteiger partial charge >= 0.3 is 0 Å². The van der Waals surface area contributed by atoms with Crippen molar-refractivity contribution >= 4 is 15.9 Å². The van der Waals surface area contributed by atoms with E-state index in [1.807, 2.05) is 27.7 Å². The molecule has 0 amide bonds. The van der Waals surface area contributed by atoms with Gasteiger partial charge in [-0.15, -0.1) is 0 Å². The predicted molar refractivity (Wildman–Crippen MR) is 55.1 cm³/mol. The van der Waals surface area contributed by atoms with Crippen LogP contribution in [0.2, 0.25) is 0 Å². The maximum Gasteiger partial charge on any atom is 0.0702 e. The molecule has 3 nitrogen and oxygen atoms in total. The fourth-order valence-electron chi connectivity index (χ4n) is 2.07. The van der Waals surface area contributed by atoms with Crippen molar-refractivity contribution in [2.24, 2.45) is 0 Å². The first-order valence-electron chi connectivity index (χ1n) is 4.51. The Kier molecular flexibility index (Phi) is 2.81. The van der Waals surface area contributed by atoms with E-state index in [1.165, 1.54) is 5.06 Å². The molecule has 1 aliphatic heterocycles. The molecule has 0 aromatic rings. The van der Waals surface area contributed by atoms with Crippen molar-refractivity contribution < 1.29 is 10.3 Å². The minimum atomic E-state index is -0.443. The van der Waals surface area contributed by atoms with E-state index in [0.717, 1.165) is 0 Å². The van der Waals surface area contributed by atoms with E-state index in [2.05, 4.69) is 15.9 Å². The molecule has 1 saturated heterocycles. The normalized spacial score (nSPS) is 39.0. The Morgan fingerprint density at radius 2 is 1.77 bits per heavy atom. The van der Waals surface area contributed by atoms with Crippen LogP contribution < -0.4 is 0 Å². The zero-order chi connectivity index (χ0) is 10.4. The van der Waals surface area contributed by atoms with Crippen molar-refractivity contribution in [3.05, 3.63) is 0 Å². The van der Waals surface area contributed by atoms with Crippen LogP contribution in [0.4, 0.5) is 0 Å². The summed E-state index contributed by atoms with van der Waals surface area (Å²) in [6.07, 6.45) is 0.163. The lowest BCUT2D eigenvalue weighted by molar-refractivity contribution is -0.253. The number of hydrogen-bond donors (Lipinski definition) is 2. The summed E-state index contributed by atoms with van der Waals surface area (Å²) >= 11 is 3.42. The van der Waals surface area contributed by atoms with Gasteiger partial charge in [0, 0.05) is 5.54 Å². The Bertz CT molecular complexity index is 206. The van der Waals surface area contributed by atoms with Crippen LogP contribution in [0.3, 0.4) is 0 Å². The standard InChI is InChI=1S/C9H18BrNO2/c1-8(2)5-6(12)7(10)9(3,4)11(8)13/h6-7,12-13H,5H2,1-4H3. The third kappa shape index (κ3) is 1.77. The van der Waals surface area contributed by atoms with Gasteiger partial charge in [0.05, 0.1) is 16.5 Å². The van der Waals surface area contributed by atoms with Crippen molar-refractivity contribution in [1.29, 1.82) is 0 Å². The molecule has 0 radical (unpaired) electrons. The Labute approximate surface area is 87.8 Å². The highest BCUT2D eigenvalue weighted by Gasteiger charge is 2.50. The lowest BCUT2D eigenvalue weighted by atomic mass is 9.80. The van der Waals surface area contributed by atoms with Crippen LogP contribution in [-0.4, -0.2) is 37.4 Å². The molecule has 0 aromatic heterocycles. The number of alkyl halides is 1. The van der Waals surface area contributed by atoms with E-state index < -0.39 is 11.6 Å². The van der Waals surface area contributed by atoms with Gasteiger partial charge in [0.1, 0.15) is 0 Å². The minimum absolute atomic E-state index is 0.0991. The van der Waals surface area contributed by atoms with Crippen molar-refractivity contribution in [3.8, 4) is 0 Å². The number of hydrogen-bond acceptors (Lipinski definition) is 3. The molecule has 0 spiro atoms. The maximum atomic E-state index is 9.95. The van der Waals surface area contributed by atoms with Gasteiger partial charge in [0.25, 0.3) is 0 Å². The molecule has 4 heteroatoms. The van der Waals surface area contributed by atoms with Crippen molar-refractivity contribution in [1.82, 2.24) is 5.06 Å². The van der Waals surface area contributed by atoms with Crippen LogP contribution in [0.5, 0.6) is 0 Å². The molecule has 1 fully saturated rings. The van der Waals surface area contributed by atoms with Crippen LogP contribution >= 0.6 is 15.9 Å². The summed E-state index contributed by atoms with van der Waals surface area (Å²) in [5.74, 6) is 0. The van der Waals surface area contributed by atoms with E-state index in [4.69, 9.17) is 0 Å². The Hall–Kier alpha value is 0.360. The molecular weight excluding hydrogens is 234 g/mol. The summed E-state index contributed by atoms with van der Waals surface area (Å²) in [4.78, 5) is -0.0991. The molecule has 13 heavy (non-hydrogen) atoms. The summed E-state index contributed by atoms with van der Waals surface area (Å²) in [6.45, 7) is 7.68. The SMILES string of the molecule is CC1(C)CC(O)C(Br)C(C)(C)N1O. The highest BCUT2D eigenvalue weighted by atomic mass is 79.9. The quantitative estimate of drug-likeness (QED) is 0.646. The van der Waals surface area contributed by atoms with Crippen molar-refractivity contribution in [3.63, 3.8) is 0 Å². The number of piperidine rings is 1. The molecule has 0 saturated carbocycles. The van der Waals surface area contributed by atoms with Gasteiger partial charge in [-0.05, 0) is 34.1 Å². The van der Waals surface area contributed by atoms with Gasteiger partial charge in [-0.3, -0.25) is 0 Å². The number of aliphatic hydroxyl groups is 1. The highest BCUT2D eigenvalue weighted by Crippen LogP contribution is 2.40. The monoisotopic (exact) mass is 251 g/mol. The number of hydroxylamine groups is 2.